The fraction of sp³-hybridized carbons (Fsp3) is 0.222. The van der Waals surface area contributed by atoms with Gasteiger partial charge in [0.2, 0.25) is 0 Å². The highest BCUT2D eigenvalue weighted by Crippen LogP contribution is 2.25. The molecule has 5 nitrogen and oxygen atoms in total. The van der Waals surface area contributed by atoms with Crippen LogP contribution in [-0.2, 0) is 4.74 Å². The summed E-state index contributed by atoms with van der Waals surface area (Å²) < 4.78 is 8.60. The largest absolute Gasteiger partial charge is 0.464 e. The molecule has 16 heavy (non-hydrogen) atoms. The number of hydrogen-bond acceptors (Lipinski definition) is 7. The number of thiazole rings is 1. The molecule has 0 aliphatic heterocycles. The second kappa shape index (κ2) is 4.58. The van der Waals surface area contributed by atoms with Crippen molar-refractivity contribution in [1.29, 1.82) is 0 Å². The predicted octanol–water partition coefficient (Wildman–Crippen LogP) is 2.44. The van der Waals surface area contributed by atoms with Gasteiger partial charge in [0.1, 0.15) is 0 Å². The highest BCUT2D eigenvalue weighted by atomic mass is 32.1. The molecule has 0 saturated heterocycles. The standard InChI is InChI=1S/C9H9N3O2S2/c1-5-7(8(13)14-2)12-9(16-5)11-6-3-10-15-4-6/h3-4H,1-2H3,(H,11,12). The highest BCUT2D eigenvalue weighted by Gasteiger charge is 2.15. The van der Waals surface area contributed by atoms with Crippen LogP contribution in [-0.4, -0.2) is 22.4 Å². The molecule has 1 N–H and O–H groups in total. The van der Waals surface area contributed by atoms with Crippen molar-refractivity contribution >= 4 is 39.7 Å². The van der Waals surface area contributed by atoms with Gasteiger partial charge in [-0.2, -0.15) is 4.37 Å². The van der Waals surface area contributed by atoms with E-state index in [4.69, 9.17) is 0 Å². The van der Waals surface area contributed by atoms with Gasteiger partial charge >= 0.3 is 5.97 Å². The fourth-order valence-electron chi connectivity index (χ4n) is 1.13. The van der Waals surface area contributed by atoms with E-state index in [1.54, 1.807) is 6.20 Å². The van der Waals surface area contributed by atoms with Gasteiger partial charge in [-0.3, -0.25) is 0 Å². The number of esters is 1. The summed E-state index contributed by atoms with van der Waals surface area (Å²) in [6.07, 6.45) is 1.71. The van der Waals surface area contributed by atoms with Gasteiger partial charge in [-0.25, -0.2) is 9.78 Å². The SMILES string of the molecule is COC(=O)c1nc(Nc2cnsc2)sc1C. The van der Waals surface area contributed by atoms with Crippen LogP contribution in [0, 0.1) is 6.92 Å². The van der Waals surface area contributed by atoms with Crippen LogP contribution in [0.2, 0.25) is 0 Å². The highest BCUT2D eigenvalue weighted by molar-refractivity contribution is 7.15. The molecule has 0 aliphatic rings. The normalized spacial score (nSPS) is 10.1. The molecule has 2 aromatic heterocycles. The summed E-state index contributed by atoms with van der Waals surface area (Å²) in [5.41, 5.74) is 1.23. The van der Waals surface area contributed by atoms with Crippen LogP contribution in [0.5, 0.6) is 0 Å². The Balaban J connectivity index is 2.21. The lowest BCUT2D eigenvalue weighted by molar-refractivity contribution is 0.0594. The van der Waals surface area contributed by atoms with Crippen LogP contribution in [0.15, 0.2) is 11.6 Å². The molecule has 0 bridgehead atoms. The van der Waals surface area contributed by atoms with Crippen LogP contribution >= 0.6 is 22.9 Å². The van der Waals surface area contributed by atoms with Crippen LogP contribution in [0.3, 0.4) is 0 Å². The van der Waals surface area contributed by atoms with Crippen LogP contribution < -0.4 is 5.32 Å². The van der Waals surface area contributed by atoms with E-state index in [0.29, 0.717) is 10.8 Å². The van der Waals surface area contributed by atoms with E-state index in [-0.39, 0.29) is 0 Å². The van der Waals surface area contributed by atoms with Crippen LogP contribution in [0.1, 0.15) is 15.4 Å². The van der Waals surface area contributed by atoms with Crippen molar-refractivity contribution in [2.24, 2.45) is 0 Å². The van der Waals surface area contributed by atoms with E-state index in [0.717, 1.165) is 10.6 Å². The zero-order valence-corrected chi connectivity index (χ0v) is 10.3. The molecule has 0 spiro atoms. The van der Waals surface area contributed by atoms with Gasteiger partial charge in [0, 0.05) is 10.3 Å². The first kappa shape index (κ1) is 11.0. The van der Waals surface area contributed by atoms with Crippen molar-refractivity contribution < 1.29 is 9.53 Å². The maximum Gasteiger partial charge on any atom is 0.357 e. The van der Waals surface area contributed by atoms with Crippen LogP contribution in [0.25, 0.3) is 0 Å². The second-order valence-electron chi connectivity index (χ2n) is 2.95. The van der Waals surface area contributed by atoms with E-state index in [1.807, 2.05) is 12.3 Å². The third-order valence-corrected chi connectivity index (χ3v) is 3.33. The number of anilines is 2. The van der Waals surface area contributed by atoms with Crippen molar-refractivity contribution in [3.05, 3.63) is 22.1 Å². The third kappa shape index (κ3) is 2.20. The Kier molecular flexibility index (Phi) is 3.16. The lowest BCUT2D eigenvalue weighted by Gasteiger charge is -1.95. The number of aryl methyl sites for hydroxylation is 1. The molecule has 2 rings (SSSR count). The van der Waals surface area contributed by atoms with Gasteiger partial charge in [-0.15, -0.1) is 11.3 Å². The number of rotatable bonds is 3. The van der Waals surface area contributed by atoms with Gasteiger partial charge in [0.15, 0.2) is 10.8 Å². The van der Waals surface area contributed by atoms with Crippen molar-refractivity contribution in [3.63, 3.8) is 0 Å². The Bertz CT molecular complexity index is 493. The monoisotopic (exact) mass is 255 g/mol. The Morgan fingerprint density at radius 2 is 2.38 bits per heavy atom. The minimum atomic E-state index is -0.412. The van der Waals surface area contributed by atoms with Crippen LogP contribution in [0.4, 0.5) is 10.8 Å². The molecular formula is C9H9N3O2S2. The van der Waals surface area contributed by atoms with E-state index in [1.165, 1.54) is 30.0 Å². The predicted molar refractivity (Wildman–Crippen MR) is 63.6 cm³/mol. The smallest absolute Gasteiger partial charge is 0.357 e. The first-order valence-corrected chi connectivity index (χ1v) is 6.08. The number of carbonyl (C=O) groups is 1. The number of methoxy groups -OCH3 is 1. The minimum absolute atomic E-state index is 0.359. The maximum atomic E-state index is 11.3. The van der Waals surface area contributed by atoms with E-state index >= 15 is 0 Å². The molecule has 0 aromatic carbocycles. The first-order chi connectivity index (χ1) is 7.70. The summed E-state index contributed by atoms with van der Waals surface area (Å²) in [6.45, 7) is 1.83. The molecule has 0 aliphatic carbocycles. The number of carbonyl (C=O) groups excluding carboxylic acids is 1. The van der Waals surface area contributed by atoms with E-state index < -0.39 is 5.97 Å². The zero-order valence-electron chi connectivity index (χ0n) is 8.68. The molecule has 2 heterocycles. The summed E-state index contributed by atoms with van der Waals surface area (Å²) in [5, 5.41) is 5.61. The summed E-state index contributed by atoms with van der Waals surface area (Å²) in [4.78, 5) is 16.3. The van der Waals surface area contributed by atoms with E-state index in [9.17, 15) is 4.79 Å². The van der Waals surface area contributed by atoms with Gasteiger partial charge in [-0.05, 0) is 18.5 Å². The molecule has 2 aromatic rings. The van der Waals surface area contributed by atoms with E-state index in [2.05, 4.69) is 19.4 Å². The number of hydrogen-bond donors (Lipinski definition) is 1. The summed E-state index contributed by atoms with van der Waals surface area (Å²) in [5.74, 6) is -0.412. The molecule has 84 valence electrons. The van der Waals surface area contributed by atoms with Crippen molar-refractivity contribution in [1.82, 2.24) is 9.36 Å². The van der Waals surface area contributed by atoms with Crippen molar-refractivity contribution in [2.75, 3.05) is 12.4 Å². The first-order valence-electron chi connectivity index (χ1n) is 4.43. The Morgan fingerprint density at radius 1 is 1.56 bits per heavy atom. The molecular weight excluding hydrogens is 246 g/mol. The Labute approximate surface area is 100 Å². The molecule has 0 unspecified atom stereocenters. The second-order valence-corrected chi connectivity index (χ2v) is 4.81. The molecule has 0 atom stereocenters. The van der Waals surface area contributed by atoms with Gasteiger partial charge in [-0.1, -0.05) is 0 Å². The number of ether oxygens (including phenoxy) is 1. The topological polar surface area (TPSA) is 64.1 Å². The van der Waals surface area contributed by atoms with Crippen molar-refractivity contribution in [3.8, 4) is 0 Å². The van der Waals surface area contributed by atoms with Crippen molar-refractivity contribution in [2.45, 2.75) is 6.92 Å². The fourth-order valence-corrected chi connectivity index (χ4v) is 2.42. The summed E-state index contributed by atoms with van der Waals surface area (Å²) in [6, 6.07) is 0. The Hall–Kier alpha value is -1.47. The average Bonchev–Trinajstić information content (AvgIpc) is 2.88. The molecule has 0 amide bonds. The number of aromatic nitrogens is 2. The molecule has 0 radical (unpaired) electrons. The molecule has 7 heteroatoms. The lowest BCUT2D eigenvalue weighted by Crippen LogP contribution is -2.03. The molecule has 0 fully saturated rings. The number of nitrogens with one attached hydrogen (secondary N) is 1. The van der Waals surface area contributed by atoms with Gasteiger partial charge < -0.3 is 10.1 Å². The lowest BCUT2D eigenvalue weighted by atomic mass is 10.4. The molecule has 0 saturated carbocycles. The quantitative estimate of drug-likeness (QED) is 0.853. The summed E-state index contributed by atoms with van der Waals surface area (Å²) in [7, 11) is 1.34. The third-order valence-electron chi connectivity index (χ3n) is 1.86. The minimum Gasteiger partial charge on any atom is -0.464 e. The van der Waals surface area contributed by atoms with Gasteiger partial charge in [0.05, 0.1) is 19.0 Å². The zero-order chi connectivity index (χ0) is 11.5. The van der Waals surface area contributed by atoms with Gasteiger partial charge in [0.25, 0.3) is 0 Å². The maximum absolute atomic E-state index is 11.3. The number of nitrogens with zero attached hydrogens (tertiary/aromatic N) is 2. The average molecular weight is 255 g/mol. The summed E-state index contributed by atoms with van der Waals surface area (Å²) >= 11 is 2.76. The Morgan fingerprint density at radius 3 is 3.00 bits per heavy atom.